The summed E-state index contributed by atoms with van der Waals surface area (Å²) in [4.78, 5) is 11.1. The fraction of sp³-hybridized carbons (Fsp3) is 0.222. The van der Waals surface area contributed by atoms with Crippen LogP contribution in [0.2, 0.25) is 0 Å². The highest BCUT2D eigenvalue weighted by molar-refractivity contribution is 9.10. The van der Waals surface area contributed by atoms with Crippen molar-refractivity contribution in [3.8, 4) is 0 Å². The first kappa shape index (κ1) is 15.6. The van der Waals surface area contributed by atoms with Crippen LogP contribution in [-0.4, -0.2) is 31.1 Å². The lowest BCUT2D eigenvalue weighted by atomic mass is 10.0. The number of rotatable bonds is 1. The molecule has 8 heteroatoms. The summed E-state index contributed by atoms with van der Waals surface area (Å²) < 4.78 is 16.8. The van der Waals surface area contributed by atoms with Gasteiger partial charge in [0.25, 0.3) is 5.78 Å². The van der Waals surface area contributed by atoms with Gasteiger partial charge in [-0.2, -0.15) is 4.98 Å². The van der Waals surface area contributed by atoms with Crippen molar-refractivity contribution in [1.82, 2.24) is 24.6 Å². The smallest absolute Gasteiger partial charge is 0.258 e. The van der Waals surface area contributed by atoms with Gasteiger partial charge in [0.2, 0.25) is 0 Å². The van der Waals surface area contributed by atoms with Crippen LogP contribution in [0.15, 0.2) is 34.9 Å². The topological polar surface area (TPSA) is 59.2 Å². The van der Waals surface area contributed by atoms with Gasteiger partial charge in [0.1, 0.15) is 17.5 Å². The lowest BCUT2D eigenvalue weighted by Gasteiger charge is -2.31. The average molecular weight is 413 g/mol. The van der Waals surface area contributed by atoms with Crippen molar-refractivity contribution in [2.75, 3.05) is 11.4 Å². The number of halogens is 2. The molecule has 26 heavy (non-hydrogen) atoms. The summed E-state index contributed by atoms with van der Waals surface area (Å²) in [6.45, 7) is 2.63. The van der Waals surface area contributed by atoms with E-state index in [2.05, 4.69) is 42.1 Å². The minimum Gasteiger partial charge on any atom is -0.325 e. The molecule has 0 saturated heterocycles. The van der Waals surface area contributed by atoms with E-state index in [1.54, 1.807) is 4.40 Å². The monoisotopic (exact) mass is 412 g/mol. The Bertz CT molecular complexity index is 1170. The summed E-state index contributed by atoms with van der Waals surface area (Å²) in [7, 11) is 0. The number of hydrogen-bond donors (Lipinski definition) is 0. The molecule has 0 fully saturated rings. The molecule has 1 aliphatic rings. The summed E-state index contributed by atoms with van der Waals surface area (Å²) in [5.74, 6) is 1.40. The first-order valence-corrected chi connectivity index (χ1v) is 9.15. The molecule has 0 unspecified atom stereocenters. The molecule has 130 valence electrons. The number of aromatic nitrogens is 5. The number of aryl methyl sites for hydroxylation is 1. The zero-order valence-electron chi connectivity index (χ0n) is 13.9. The summed E-state index contributed by atoms with van der Waals surface area (Å²) in [6.07, 6.45) is 3.19. The lowest BCUT2D eigenvalue weighted by Crippen LogP contribution is -2.26. The van der Waals surface area contributed by atoms with Gasteiger partial charge in [-0.25, -0.2) is 13.8 Å². The quantitative estimate of drug-likeness (QED) is 0.473. The van der Waals surface area contributed by atoms with Crippen LogP contribution < -0.4 is 4.90 Å². The van der Waals surface area contributed by atoms with Gasteiger partial charge in [-0.05, 0) is 43.5 Å². The van der Waals surface area contributed by atoms with Crippen LogP contribution in [0.3, 0.4) is 0 Å². The van der Waals surface area contributed by atoms with Crippen molar-refractivity contribution in [1.29, 1.82) is 0 Å². The molecular weight excluding hydrogens is 399 g/mol. The van der Waals surface area contributed by atoms with Crippen molar-refractivity contribution in [3.63, 3.8) is 0 Å². The highest BCUT2D eigenvalue weighted by Gasteiger charge is 2.24. The van der Waals surface area contributed by atoms with Crippen LogP contribution in [0.4, 0.5) is 15.9 Å². The molecule has 0 spiro atoms. The van der Waals surface area contributed by atoms with Crippen LogP contribution in [0.1, 0.15) is 17.8 Å². The molecule has 4 aromatic rings. The largest absolute Gasteiger partial charge is 0.325 e. The summed E-state index contributed by atoms with van der Waals surface area (Å²) in [5.41, 5.74) is 2.91. The zero-order chi connectivity index (χ0) is 17.8. The lowest BCUT2D eigenvalue weighted by molar-refractivity contribution is 0.623. The van der Waals surface area contributed by atoms with Gasteiger partial charge in [-0.3, -0.25) is 0 Å². The Morgan fingerprint density at radius 1 is 1.23 bits per heavy atom. The second-order valence-corrected chi connectivity index (χ2v) is 7.19. The van der Waals surface area contributed by atoms with Crippen LogP contribution in [0.25, 0.3) is 16.8 Å². The highest BCUT2D eigenvalue weighted by atomic mass is 79.9. The second kappa shape index (κ2) is 5.70. The normalized spacial score (nSPS) is 14.2. The van der Waals surface area contributed by atoms with E-state index >= 15 is 0 Å². The van der Waals surface area contributed by atoms with Gasteiger partial charge in [0.05, 0.1) is 11.6 Å². The van der Waals surface area contributed by atoms with Crippen LogP contribution in [-0.2, 0) is 6.42 Å². The third kappa shape index (κ3) is 2.21. The Kier molecular flexibility index (Phi) is 3.43. The maximum absolute atomic E-state index is 14.0. The average Bonchev–Trinajstić information content (AvgIpc) is 3.02. The molecule has 1 aliphatic heterocycles. The van der Waals surface area contributed by atoms with E-state index in [9.17, 15) is 4.39 Å². The van der Waals surface area contributed by atoms with Crippen LogP contribution >= 0.6 is 15.9 Å². The molecule has 6 nitrogen and oxygen atoms in total. The van der Waals surface area contributed by atoms with Crippen LogP contribution in [0, 0.1) is 12.7 Å². The van der Waals surface area contributed by atoms with E-state index < -0.39 is 5.82 Å². The second-order valence-electron chi connectivity index (χ2n) is 6.34. The van der Waals surface area contributed by atoms with Crippen LogP contribution in [0.5, 0.6) is 0 Å². The standard InChI is InChI=1S/C18H14BrFN6/c1-10-23-24-18-22-17(13-8-11(20)9-21-16(13)26(10)18)25-7-3-4-12-14(19)5-2-6-15(12)25/h2,5-6,8-9H,3-4,7H2,1H3. The molecule has 3 aromatic heterocycles. The summed E-state index contributed by atoms with van der Waals surface area (Å²) in [6, 6.07) is 7.59. The van der Waals surface area contributed by atoms with Crippen molar-refractivity contribution in [2.45, 2.75) is 19.8 Å². The number of pyridine rings is 1. The number of benzene rings is 1. The fourth-order valence-electron chi connectivity index (χ4n) is 3.61. The first-order valence-electron chi connectivity index (χ1n) is 8.35. The van der Waals surface area contributed by atoms with E-state index in [0.29, 0.717) is 28.5 Å². The number of anilines is 2. The van der Waals surface area contributed by atoms with E-state index in [-0.39, 0.29) is 0 Å². The molecular formula is C18H14BrFN6. The molecule has 0 radical (unpaired) electrons. The van der Waals surface area contributed by atoms with E-state index in [1.165, 1.54) is 17.8 Å². The van der Waals surface area contributed by atoms with Crippen molar-refractivity contribution < 1.29 is 4.39 Å². The van der Waals surface area contributed by atoms with E-state index in [0.717, 1.165) is 29.5 Å². The van der Waals surface area contributed by atoms with E-state index in [1.807, 2.05) is 19.1 Å². The van der Waals surface area contributed by atoms with Gasteiger partial charge >= 0.3 is 0 Å². The molecule has 1 aromatic carbocycles. The maximum Gasteiger partial charge on any atom is 0.258 e. The number of fused-ring (bicyclic) bond motifs is 4. The number of hydrogen-bond acceptors (Lipinski definition) is 5. The molecule has 0 N–H and O–H groups in total. The molecule has 5 rings (SSSR count). The minimum atomic E-state index is -0.392. The molecule has 0 amide bonds. The highest BCUT2D eigenvalue weighted by Crippen LogP contribution is 2.39. The summed E-state index contributed by atoms with van der Waals surface area (Å²) in [5, 5.41) is 8.90. The predicted molar refractivity (Wildman–Crippen MR) is 100 cm³/mol. The van der Waals surface area contributed by atoms with Crippen molar-refractivity contribution in [3.05, 3.63) is 52.1 Å². The number of nitrogens with zero attached hydrogens (tertiary/aromatic N) is 6. The van der Waals surface area contributed by atoms with Gasteiger partial charge < -0.3 is 4.90 Å². The molecule has 0 bridgehead atoms. The Morgan fingerprint density at radius 2 is 2.12 bits per heavy atom. The fourth-order valence-corrected chi connectivity index (χ4v) is 4.16. The third-order valence-electron chi connectivity index (χ3n) is 4.75. The van der Waals surface area contributed by atoms with E-state index in [4.69, 9.17) is 4.98 Å². The summed E-state index contributed by atoms with van der Waals surface area (Å²) >= 11 is 3.64. The van der Waals surface area contributed by atoms with Crippen molar-refractivity contribution in [2.24, 2.45) is 0 Å². The Labute approximate surface area is 156 Å². The van der Waals surface area contributed by atoms with Gasteiger partial charge in [-0.15, -0.1) is 10.2 Å². The van der Waals surface area contributed by atoms with Gasteiger partial charge in [0, 0.05) is 16.7 Å². The third-order valence-corrected chi connectivity index (χ3v) is 5.49. The maximum atomic E-state index is 14.0. The molecule has 4 heterocycles. The molecule has 0 aliphatic carbocycles. The van der Waals surface area contributed by atoms with Gasteiger partial charge in [-0.1, -0.05) is 22.0 Å². The Morgan fingerprint density at radius 3 is 3.00 bits per heavy atom. The zero-order valence-corrected chi connectivity index (χ0v) is 15.5. The molecule has 0 atom stereocenters. The predicted octanol–water partition coefficient (Wildman–Crippen LogP) is 3.97. The minimum absolute atomic E-state index is 0.392. The molecule has 0 saturated carbocycles. The Balaban J connectivity index is 1.85. The van der Waals surface area contributed by atoms with Crippen molar-refractivity contribution >= 4 is 44.2 Å². The van der Waals surface area contributed by atoms with Gasteiger partial charge in [0.15, 0.2) is 5.65 Å². The Hall–Kier alpha value is -2.61. The SMILES string of the molecule is Cc1nnc2nc(N3CCCc4c(Br)cccc43)c3cc(F)cnc3n12. The first-order chi connectivity index (χ1) is 12.6.